The number of aliphatic hydroxyl groups is 1. The van der Waals surface area contributed by atoms with Gasteiger partial charge in [-0.15, -0.1) is 0 Å². The van der Waals surface area contributed by atoms with Crippen LogP contribution in [0.15, 0.2) is 47.3 Å². The molecule has 4 heterocycles. The molecule has 0 spiro atoms. The Hall–Kier alpha value is -3.61. The molecule has 1 aliphatic carbocycles. The van der Waals surface area contributed by atoms with E-state index in [1.54, 1.807) is 18.3 Å². The fourth-order valence-electron chi connectivity index (χ4n) is 5.81. The monoisotopic (exact) mass is 622 g/mol. The van der Waals surface area contributed by atoms with Crippen molar-refractivity contribution >= 4 is 31.1 Å². The highest BCUT2D eigenvalue weighted by atomic mass is 32.1. The van der Waals surface area contributed by atoms with E-state index >= 15 is 0 Å². The molecule has 2 aromatic heterocycles. The second-order valence-corrected chi connectivity index (χ2v) is 11.9. The highest BCUT2D eigenvalue weighted by Crippen LogP contribution is 2.32. The van der Waals surface area contributed by atoms with Crippen LogP contribution in [0, 0.1) is 12.8 Å². The van der Waals surface area contributed by atoms with Crippen LogP contribution in [-0.2, 0) is 24.4 Å². The number of nitrogens with zero attached hydrogens (tertiary/aromatic N) is 4. The second kappa shape index (κ2) is 14.4. The standard InChI is InChI=1S/C32H40N6O5.H2S/c1-21-29(43-20-35-21)19-42-28-5-4-25-17-37(11-7-23(25)14-28)18-27(39)16-34-31(40)24-6-10-33-30(15-24)36-26-8-12-38(13-9-26)32(41)22-2-3-22;/h4-6,10,14-15,20,22,26-27,39H,2-3,7-9,11-13,16-19H2,1H3,(H,33,36)(H,34,40);1H2/t27-;/m0./s1. The van der Waals surface area contributed by atoms with Gasteiger partial charge in [0.05, 0.1) is 11.8 Å². The Morgan fingerprint density at radius 3 is 2.66 bits per heavy atom. The summed E-state index contributed by atoms with van der Waals surface area (Å²) < 4.78 is 11.2. The number of benzene rings is 1. The number of hydrogen-bond acceptors (Lipinski definition) is 9. The highest BCUT2D eigenvalue weighted by Gasteiger charge is 2.35. The summed E-state index contributed by atoms with van der Waals surface area (Å²) in [4.78, 5) is 37.8. The lowest BCUT2D eigenvalue weighted by Gasteiger charge is -2.32. The molecule has 3 aromatic rings. The van der Waals surface area contributed by atoms with Gasteiger partial charge in [-0.1, -0.05) is 6.07 Å². The molecule has 1 atom stereocenters. The molecular formula is C32H42N6O5S. The van der Waals surface area contributed by atoms with Crippen LogP contribution in [-0.4, -0.2) is 81.6 Å². The molecular weight excluding hydrogens is 580 g/mol. The number of likely N-dealkylation sites (tertiary alicyclic amines) is 1. The van der Waals surface area contributed by atoms with E-state index in [2.05, 4.69) is 37.6 Å². The number of ether oxygens (including phenoxy) is 1. The number of nitrogens with one attached hydrogen (secondary N) is 2. The molecule has 2 fully saturated rings. The first-order valence-corrected chi connectivity index (χ1v) is 15.2. The van der Waals surface area contributed by atoms with Crippen LogP contribution in [0.3, 0.4) is 0 Å². The number of oxazole rings is 1. The molecule has 0 unspecified atom stereocenters. The zero-order chi connectivity index (χ0) is 29.8. The minimum atomic E-state index is -0.693. The molecule has 12 heteroatoms. The van der Waals surface area contributed by atoms with Crippen molar-refractivity contribution in [2.24, 2.45) is 5.92 Å². The molecule has 0 radical (unpaired) electrons. The number of pyridine rings is 1. The van der Waals surface area contributed by atoms with Crippen LogP contribution >= 0.6 is 13.5 Å². The van der Waals surface area contributed by atoms with Crippen LogP contribution in [0.5, 0.6) is 5.75 Å². The van der Waals surface area contributed by atoms with E-state index in [-0.39, 0.29) is 37.9 Å². The number of rotatable bonds is 11. The number of aliphatic hydroxyl groups excluding tert-OH is 1. The number of piperidine rings is 1. The maximum atomic E-state index is 12.9. The number of hydrogen-bond donors (Lipinski definition) is 3. The zero-order valence-electron chi connectivity index (χ0n) is 25.1. The van der Waals surface area contributed by atoms with Crippen molar-refractivity contribution in [2.45, 2.75) is 64.3 Å². The molecule has 1 saturated carbocycles. The van der Waals surface area contributed by atoms with E-state index in [1.165, 1.54) is 17.5 Å². The predicted molar refractivity (Wildman–Crippen MR) is 170 cm³/mol. The van der Waals surface area contributed by atoms with Crippen molar-refractivity contribution in [3.8, 4) is 5.75 Å². The lowest BCUT2D eigenvalue weighted by atomic mass is 9.99. The van der Waals surface area contributed by atoms with Crippen LogP contribution in [0.4, 0.5) is 5.82 Å². The topological polar surface area (TPSA) is 133 Å². The highest BCUT2D eigenvalue weighted by molar-refractivity contribution is 7.59. The van der Waals surface area contributed by atoms with E-state index in [1.807, 2.05) is 17.9 Å². The van der Waals surface area contributed by atoms with Crippen molar-refractivity contribution in [3.05, 3.63) is 71.1 Å². The molecule has 44 heavy (non-hydrogen) atoms. The van der Waals surface area contributed by atoms with Crippen LogP contribution in [0.25, 0.3) is 0 Å². The molecule has 3 N–H and O–H groups in total. The van der Waals surface area contributed by atoms with Gasteiger partial charge >= 0.3 is 0 Å². The second-order valence-electron chi connectivity index (χ2n) is 11.9. The Morgan fingerprint density at radius 1 is 1.09 bits per heavy atom. The minimum absolute atomic E-state index is 0. The quantitative estimate of drug-likeness (QED) is 0.295. The number of β-amino-alcohol motifs (C(OH)–C–C–N with tert-alkyl or cyclic N) is 1. The largest absolute Gasteiger partial charge is 0.486 e. The van der Waals surface area contributed by atoms with Gasteiger partial charge in [0.25, 0.3) is 5.91 Å². The maximum Gasteiger partial charge on any atom is 0.251 e. The number of anilines is 1. The number of fused-ring (bicyclic) bond motifs is 1. The third kappa shape index (κ3) is 8.10. The summed E-state index contributed by atoms with van der Waals surface area (Å²) in [6, 6.07) is 9.75. The van der Waals surface area contributed by atoms with E-state index in [0.717, 1.165) is 75.5 Å². The first kappa shape index (κ1) is 31.8. The number of carbonyl (C=O) groups excluding carboxylic acids is 2. The summed E-state index contributed by atoms with van der Waals surface area (Å²) in [5.41, 5.74) is 3.78. The van der Waals surface area contributed by atoms with Gasteiger partial charge in [0.15, 0.2) is 12.2 Å². The average molecular weight is 623 g/mol. The van der Waals surface area contributed by atoms with Gasteiger partial charge in [0.1, 0.15) is 18.2 Å². The Labute approximate surface area is 264 Å². The van der Waals surface area contributed by atoms with Gasteiger partial charge in [-0.05, 0) is 74.4 Å². The normalized spacial score (nSPS) is 17.7. The van der Waals surface area contributed by atoms with Gasteiger partial charge in [0, 0.05) is 63.0 Å². The third-order valence-electron chi connectivity index (χ3n) is 8.56. The fourth-order valence-corrected chi connectivity index (χ4v) is 5.81. The smallest absolute Gasteiger partial charge is 0.251 e. The molecule has 0 bridgehead atoms. The summed E-state index contributed by atoms with van der Waals surface area (Å²) in [6.07, 6.45) is 7.00. The van der Waals surface area contributed by atoms with Crippen molar-refractivity contribution < 1.29 is 23.8 Å². The lowest BCUT2D eigenvalue weighted by Crippen LogP contribution is -2.43. The van der Waals surface area contributed by atoms with Gasteiger partial charge in [0.2, 0.25) is 5.91 Å². The maximum absolute atomic E-state index is 12.9. The van der Waals surface area contributed by atoms with Gasteiger partial charge < -0.3 is 29.8 Å². The van der Waals surface area contributed by atoms with E-state index in [4.69, 9.17) is 9.15 Å². The molecule has 236 valence electrons. The summed E-state index contributed by atoms with van der Waals surface area (Å²) in [6.45, 7) is 5.92. The van der Waals surface area contributed by atoms with E-state index in [9.17, 15) is 14.7 Å². The van der Waals surface area contributed by atoms with Gasteiger partial charge in [-0.25, -0.2) is 9.97 Å². The number of aromatic nitrogens is 2. The van der Waals surface area contributed by atoms with Crippen molar-refractivity contribution in [2.75, 3.05) is 38.0 Å². The Morgan fingerprint density at radius 2 is 1.91 bits per heavy atom. The van der Waals surface area contributed by atoms with Crippen LogP contribution in [0.1, 0.15) is 58.6 Å². The van der Waals surface area contributed by atoms with Crippen molar-refractivity contribution in [3.63, 3.8) is 0 Å². The first-order valence-electron chi connectivity index (χ1n) is 15.2. The summed E-state index contributed by atoms with van der Waals surface area (Å²) in [7, 11) is 0. The SMILES string of the molecule is Cc1ncoc1COc1ccc2c(c1)CCN(C[C@@H](O)CNC(=O)c1ccnc(NC3CCN(C(=O)C4CC4)CC3)c1)C2.S. The number of carbonyl (C=O) groups is 2. The zero-order valence-corrected chi connectivity index (χ0v) is 26.1. The molecule has 1 saturated heterocycles. The van der Waals surface area contributed by atoms with Crippen molar-refractivity contribution in [1.29, 1.82) is 0 Å². The van der Waals surface area contributed by atoms with Crippen molar-refractivity contribution in [1.82, 2.24) is 25.1 Å². The van der Waals surface area contributed by atoms with Gasteiger partial charge in [-0.3, -0.25) is 14.5 Å². The minimum Gasteiger partial charge on any atom is -0.486 e. The molecule has 2 amide bonds. The Kier molecular flexibility index (Phi) is 10.4. The van der Waals surface area contributed by atoms with E-state index < -0.39 is 6.10 Å². The van der Waals surface area contributed by atoms with E-state index in [0.29, 0.717) is 30.4 Å². The first-order chi connectivity index (χ1) is 20.9. The van der Waals surface area contributed by atoms with Crippen LogP contribution in [0.2, 0.25) is 0 Å². The summed E-state index contributed by atoms with van der Waals surface area (Å²) >= 11 is 0. The third-order valence-corrected chi connectivity index (χ3v) is 8.56. The molecule has 1 aromatic carbocycles. The predicted octanol–water partition coefficient (Wildman–Crippen LogP) is 3.03. The Balaban J connectivity index is 0.00000384. The fraction of sp³-hybridized carbons (Fsp3) is 0.500. The molecule has 2 aliphatic heterocycles. The van der Waals surface area contributed by atoms with Gasteiger partial charge in [-0.2, -0.15) is 13.5 Å². The average Bonchev–Trinajstić information content (AvgIpc) is 3.80. The molecule has 3 aliphatic rings. The number of amides is 2. The molecule has 6 rings (SSSR count). The lowest BCUT2D eigenvalue weighted by molar-refractivity contribution is -0.133. The number of aryl methyl sites for hydroxylation is 1. The summed E-state index contributed by atoms with van der Waals surface area (Å²) in [5.74, 6) is 2.48. The Bertz CT molecular complexity index is 1440. The molecule has 11 nitrogen and oxygen atoms in total. The van der Waals surface area contributed by atoms with Crippen LogP contribution < -0.4 is 15.4 Å². The summed E-state index contributed by atoms with van der Waals surface area (Å²) in [5, 5.41) is 17.0.